The highest BCUT2D eigenvalue weighted by atomic mass is 32.1. The van der Waals surface area contributed by atoms with Gasteiger partial charge in [0.05, 0.1) is 0 Å². The van der Waals surface area contributed by atoms with E-state index in [0.29, 0.717) is 12.2 Å². The third-order valence-electron chi connectivity index (χ3n) is 2.35. The Balaban J connectivity index is 2.05. The van der Waals surface area contributed by atoms with Crippen molar-refractivity contribution in [3.05, 3.63) is 16.1 Å². The molecule has 0 aliphatic carbocycles. The summed E-state index contributed by atoms with van der Waals surface area (Å²) < 4.78 is 0. The number of nitrogens with one attached hydrogen (secondary N) is 1. The van der Waals surface area contributed by atoms with Crippen LogP contribution in [0.4, 0.5) is 0 Å². The van der Waals surface area contributed by atoms with Crippen molar-refractivity contribution in [2.45, 2.75) is 6.54 Å². The van der Waals surface area contributed by atoms with Crippen LogP contribution in [0.1, 0.15) is 15.5 Å². The first-order valence-electron chi connectivity index (χ1n) is 4.95. The molecule has 0 bridgehead atoms. The van der Waals surface area contributed by atoms with Crippen molar-refractivity contribution in [3.8, 4) is 0 Å². The Morgan fingerprint density at radius 1 is 1.60 bits per heavy atom. The van der Waals surface area contributed by atoms with Gasteiger partial charge in [-0.25, -0.2) is 4.98 Å². The third-order valence-corrected chi connectivity index (χ3v) is 3.22. The first-order chi connectivity index (χ1) is 7.31. The fourth-order valence-electron chi connectivity index (χ4n) is 1.53. The molecule has 0 unspecified atom stereocenters. The van der Waals surface area contributed by atoms with Crippen LogP contribution in [-0.4, -0.2) is 42.0 Å². The molecule has 1 saturated heterocycles. The van der Waals surface area contributed by atoms with Crippen molar-refractivity contribution < 1.29 is 4.79 Å². The second-order valence-electron chi connectivity index (χ2n) is 3.37. The van der Waals surface area contributed by atoms with E-state index in [1.165, 1.54) is 11.3 Å². The average molecular weight is 226 g/mol. The molecule has 1 fully saturated rings. The Hall–Kier alpha value is -0.980. The number of amides is 1. The van der Waals surface area contributed by atoms with Crippen LogP contribution >= 0.6 is 11.3 Å². The fraction of sp³-hybridized carbons (Fsp3) is 0.556. The number of hydrogen-bond donors (Lipinski definition) is 2. The second-order valence-corrected chi connectivity index (χ2v) is 4.32. The predicted octanol–water partition coefficient (Wildman–Crippen LogP) is -0.353. The third kappa shape index (κ3) is 2.34. The van der Waals surface area contributed by atoms with Crippen LogP contribution in [0.5, 0.6) is 0 Å². The zero-order valence-corrected chi connectivity index (χ0v) is 9.22. The van der Waals surface area contributed by atoms with Crippen LogP contribution in [-0.2, 0) is 6.54 Å². The first-order valence-corrected chi connectivity index (χ1v) is 5.83. The smallest absolute Gasteiger partial charge is 0.273 e. The maximum atomic E-state index is 11.9. The fourth-order valence-corrected chi connectivity index (χ4v) is 2.18. The molecule has 0 saturated carbocycles. The zero-order chi connectivity index (χ0) is 10.7. The van der Waals surface area contributed by atoms with Crippen LogP contribution in [0.25, 0.3) is 0 Å². The second kappa shape index (κ2) is 4.69. The van der Waals surface area contributed by atoms with Gasteiger partial charge in [-0.15, -0.1) is 11.3 Å². The summed E-state index contributed by atoms with van der Waals surface area (Å²) in [6.07, 6.45) is 0. The number of nitrogens with two attached hydrogens (primary N) is 1. The molecule has 3 N–H and O–H groups in total. The molecule has 2 rings (SSSR count). The highest BCUT2D eigenvalue weighted by Gasteiger charge is 2.19. The monoisotopic (exact) mass is 226 g/mol. The molecule has 0 atom stereocenters. The lowest BCUT2D eigenvalue weighted by molar-refractivity contribution is 0.0730. The molecular formula is C9H14N4OS. The molecule has 5 nitrogen and oxygen atoms in total. The molecular weight excluding hydrogens is 212 g/mol. The van der Waals surface area contributed by atoms with Gasteiger partial charge < -0.3 is 16.0 Å². The van der Waals surface area contributed by atoms with Gasteiger partial charge in [0.15, 0.2) is 0 Å². The molecule has 82 valence electrons. The summed E-state index contributed by atoms with van der Waals surface area (Å²) in [5, 5.41) is 5.80. The first kappa shape index (κ1) is 10.5. The quantitative estimate of drug-likeness (QED) is 0.723. The summed E-state index contributed by atoms with van der Waals surface area (Å²) >= 11 is 1.44. The predicted molar refractivity (Wildman–Crippen MR) is 58.8 cm³/mol. The van der Waals surface area contributed by atoms with Gasteiger partial charge in [0, 0.05) is 38.1 Å². The van der Waals surface area contributed by atoms with Crippen LogP contribution in [0.2, 0.25) is 0 Å². The minimum Gasteiger partial charge on any atom is -0.335 e. The van der Waals surface area contributed by atoms with E-state index in [9.17, 15) is 4.79 Å². The molecule has 0 aromatic carbocycles. The summed E-state index contributed by atoms with van der Waals surface area (Å²) in [5.74, 6) is 0.0208. The molecule has 6 heteroatoms. The Morgan fingerprint density at radius 3 is 2.93 bits per heavy atom. The standard InChI is InChI=1S/C9H14N4OS/c10-5-8-12-7(6-15-8)9(14)13-3-1-11-2-4-13/h6,11H,1-5,10H2. The SMILES string of the molecule is NCc1nc(C(=O)N2CCNCC2)cs1. The Labute approximate surface area is 92.3 Å². The lowest BCUT2D eigenvalue weighted by Crippen LogP contribution is -2.46. The summed E-state index contributed by atoms with van der Waals surface area (Å²) in [4.78, 5) is 17.9. The minimum atomic E-state index is 0.0208. The molecule has 2 heterocycles. The zero-order valence-electron chi connectivity index (χ0n) is 8.40. The molecule has 1 aromatic heterocycles. The summed E-state index contributed by atoms with van der Waals surface area (Å²) in [5.41, 5.74) is 5.98. The highest BCUT2D eigenvalue weighted by Crippen LogP contribution is 2.11. The largest absolute Gasteiger partial charge is 0.335 e. The maximum absolute atomic E-state index is 11.9. The number of thiazole rings is 1. The van der Waals surface area contributed by atoms with Crippen molar-refractivity contribution >= 4 is 17.2 Å². The molecule has 1 aliphatic heterocycles. The van der Waals surface area contributed by atoms with Crippen molar-refractivity contribution in [3.63, 3.8) is 0 Å². The van der Waals surface area contributed by atoms with Crippen LogP contribution in [0.3, 0.4) is 0 Å². The van der Waals surface area contributed by atoms with Crippen LogP contribution < -0.4 is 11.1 Å². The summed E-state index contributed by atoms with van der Waals surface area (Å²) in [6.45, 7) is 3.64. The number of aromatic nitrogens is 1. The van der Waals surface area contributed by atoms with E-state index in [-0.39, 0.29) is 5.91 Å². The van der Waals surface area contributed by atoms with Gasteiger partial charge in [0.2, 0.25) is 0 Å². The topological polar surface area (TPSA) is 71.2 Å². The number of rotatable bonds is 2. The number of hydrogen-bond acceptors (Lipinski definition) is 5. The van der Waals surface area contributed by atoms with E-state index in [1.54, 1.807) is 5.38 Å². The summed E-state index contributed by atoms with van der Waals surface area (Å²) in [7, 11) is 0. The Kier molecular flexibility index (Phi) is 3.30. The van der Waals surface area contributed by atoms with Gasteiger partial charge in [-0.3, -0.25) is 4.79 Å². The van der Waals surface area contributed by atoms with E-state index >= 15 is 0 Å². The minimum absolute atomic E-state index is 0.0208. The van der Waals surface area contributed by atoms with Crippen molar-refractivity contribution in [1.29, 1.82) is 0 Å². The van der Waals surface area contributed by atoms with Crippen molar-refractivity contribution in [1.82, 2.24) is 15.2 Å². The number of carbonyl (C=O) groups is 1. The molecule has 15 heavy (non-hydrogen) atoms. The van der Waals surface area contributed by atoms with Gasteiger partial charge in [-0.2, -0.15) is 0 Å². The summed E-state index contributed by atoms with van der Waals surface area (Å²) in [6, 6.07) is 0. The van der Waals surface area contributed by atoms with Crippen LogP contribution in [0, 0.1) is 0 Å². The maximum Gasteiger partial charge on any atom is 0.273 e. The lowest BCUT2D eigenvalue weighted by atomic mass is 10.3. The Morgan fingerprint density at radius 2 is 2.33 bits per heavy atom. The number of piperazine rings is 1. The molecule has 1 aromatic rings. The van der Waals surface area contributed by atoms with Gasteiger partial charge in [-0.1, -0.05) is 0 Å². The molecule has 0 spiro atoms. The highest BCUT2D eigenvalue weighted by molar-refractivity contribution is 7.09. The average Bonchev–Trinajstić information content (AvgIpc) is 2.78. The van der Waals surface area contributed by atoms with E-state index in [1.807, 2.05) is 4.90 Å². The van der Waals surface area contributed by atoms with Crippen molar-refractivity contribution in [2.75, 3.05) is 26.2 Å². The van der Waals surface area contributed by atoms with E-state index in [0.717, 1.165) is 31.2 Å². The van der Waals surface area contributed by atoms with Crippen LogP contribution in [0.15, 0.2) is 5.38 Å². The van der Waals surface area contributed by atoms with E-state index < -0.39 is 0 Å². The number of nitrogens with zero attached hydrogens (tertiary/aromatic N) is 2. The molecule has 1 amide bonds. The van der Waals surface area contributed by atoms with E-state index in [2.05, 4.69) is 10.3 Å². The number of carbonyl (C=O) groups excluding carboxylic acids is 1. The van der Waals surface area contributed by atoms with Gasteiger partial charge in [-0.05, 0) is 0 Å². The van der Waals surface area contributed by atoms with Crippen molar-refractivity contribution in [2.24, 2.45) is 5.73 Å². The van der Waals surface area contributed by atoms with Gasteiger partial charge in [0.25, 0.3) is 5.91 Å². The van der Waals surface area contributed by atoms with Gasteiger partial charge >= 0.3 is 0 Å². The molecule has 0 radical (unpaired) electrons. The van der Waals surface area contributed by atoms with E-state index in [4.69, 9.17) is 5.73 Å². The Bertz CT molecular complexity index is 346. The molecule has 1 aliphatic rings. The normalized spacial score (nSPS) is 16.7. The van der Waals surface area contributed by atoms with Gasteiger partial charge in [0.1, 0.15) is 10.7 Å². The lowest BCUT2D eigenvalue weighted by Gasteiger charge is -2.26.